The van der Waals surface area contributed by atoms with Gasteiger partial charge in [-0.1, -0.05) is 13.8 Å². The van der Waals surface area contributed by atoms with E-state index in [-0.39, 0.29) is 64.3 Å². The van der Waals surface area contributed by atoms with Gasteiger partial charge in [0, 0.05) is 46.4 Å². The molecule has 0 radical (unpaired) electrons. The summed E-state index contributed by atoms with van der Waals surface area (Å²) in [5.41, 5.74) is 0. The summed E-state index contributed by atoms with van der Waals surface area (Å²) in [6.07, 6.45) is -1.67. The molecule has 2 rings (SSSR count). The van der Waals surface area contributed by atoms with Gasteiger partial charge in [-0.2, -0.15) is 0 Å². The topological polar surface area (TPSA) is 213 Å². The van der Waals surface area contributed by atoms with Gasteiger partial charge in [0.25, 0.3) is 23.6 Å². The molecule has 224 valence electrons. The summed E-state index contributed by atoms with van der Waals surface area (Å²) in [6, 6.07) is 0. The lowest BCUT2D eigenvalue weighted by atomic mass is 10.2. The van der Waals surface area contributed by atoms with Crippen LogP contribution in [-0.4, -0.2) is 97.9 Å². The smallest absolute Gasteiger partial charge is 0.406 e. The van der Waals surface area contributed by atoms with Crippen LogP contribution in [0, 0.1) is 5.92 Å². The molecule has 0 aromatic rings. The van der Waals surface area contributed by atoms with Crippen LogP contribution in [0.3, 0.4) is 0 Å². The van der Waals surface area contributed by atoms with Gasteiger partial charge in [0.05, 0.1) is 12.3 Å². The first-order valence-corrected chi connectivity index (χ1v) is 12.3. The highest BCUT2D eigenvalue weighted by Gasteiger charge is 2.34. The maximum atomic E-state index is 11.7. The highest BCUT2D eigenvalue weighted by molar-refractivity contribution is 6.02. The van der Waals surface area contributed by atoms with Gasteiger partial charge >= 0.3 is 24.1 Å². The Kier molecular flexibility index (Phi) is 14.6. The minimum Gasteiger partial charge on any atom is -0.447 e. The molecule has 2 saturated heterocycles. The van der Waals surface area contributed by atoms with Gasteiger partial charge in [0.1, 0.15) is 19.3 Å². The zero-order valence-electron chi connectivity index (χ0n) is 22.7. The molecular formula is C23H34N4O13. The van der Waals surface area contributed by atoms with Crippen molar-refractivity contribution in [1.82, 2.24) is 20.8 Å². The third-order valence-corrected chi connectivity index (χ3v) is 4.94. The highest BCUT2D eigenvalue weighted by Crippen LogP contribution is 2.14. The van der Waals surface area contributed by atoms with Gasteiger partial charge in [-0.25, -0.2) is 19.2 Å². The second-order valence-electron chi connectivity index (χ2n) is 8.49. The van der Waals surface area contributed by atoms with Gasteiger partial charge in [-0.05, 0) is 6.42 Å². The van der Waals surface area contributed by atoms with Gasteiger partial charge in [0.2, 0.25) is 0 Å². The maximum absolute atomic E-state index is 11.7. The molecule has 0 spiro atoms. The van der Waals surface area contributed by atoms with Gasteiger partial charge in [-0.15, -0.1) is 10.1 Å². The molecule has 17 heteroatoms. The molecule has 2 heterocycles. The van der Waals surface area contributed by atoms with Gasteiger partial charge in [-0.3, -0.25) is 19.2 Å². The van der Waals surface area contributed by atoms with E-state index in [1.165, 1.54) is 14.1 Å². The minimum atomic E-state index is -0.748. The third kappa shape index (κ3) is 12.1. The zero-order chi connectivity index (χ0) is 30.2. The van der Waals surface area contributed by atoms with Gasteiger partial charge < -0.3 is 34.5 Å². The quantitative estimate of drug-likeness (QED) is 0.227. The molecule has 0 bridgehead atoms. The number of ether oxygens (including phenoxy) is 3. The van der Waals surface area contributed by atoms with Crippen molar-refractivity contribution in [3.63, 3.8) is 0 Å². The van der Waals surface area contributed by atoms with E-state index in [1.54, 1.807) is 13.8 Å². The minimum absolute atomic E-state index is 0.0214. The van der Waals surface area contributed by atoms with E-state index in [0.717, 1.165) is 0 Å². The van der Waals surface area contributed by atoms with Crippen LogP contribution in [0.1, 0.15) is 52.4 Å². The Hall–Kier alpha value is -4.28. The number of alkyl carbamates (subject to hydrolysis) is 2. The van der Waals surface area contributed by atoms with Crippen molar-refractivity contribution < 1.29 is 62.2 Å². The Morgan fingerprint density at radius 2 is 1.18 bits per heavy atom. The van der Waals surface area contributed by atoms with Crippen molar-refractivity contribution in [2.45, 2.75) is 58.5 Å². The first kappa shape index (κ1) is 33.7. The molecule has 2 aliphatic heterocycles. The lowest BCUT2D eigenvalue weighted by Gasteiger charge is -2.18. The van der Waals surface area contributed by atoms with Crippen molar-refractivity contribution in [3.8, 4) is 0 Å². The molecular weight excluding hydrogens is 540 g/mol. The molecule has 0 saturated carbocycles. The molecule has 0 atom stereocenters. The fourth-order valence-corrected chi connectivity index (χ4v) is 2.75. The number of carbonyl (C=O) groups is 8. The number of rotatable bonds is 12. The number of imide groups is 2. The van der Waals surface area contributed by atoms with E-state index in [9.17, 15) is 38.4 Å². The van der Waals surface area contributed by atoms with E-state index >= 15 is 0 Å². The number of hydrogen-bond donors (Lipinski definition) is 2. The second kappa shape index (κ2) is 17.3. The van der Waals surface area contributed by atoms with Crippen LogP contribution in [0.4, 0.5) is 9.59 Å². The molecule has 0 aliphatic carbocycles. The Balaban J connectivity index is 0.000000512. The molecule has 0 aromatic heterocycles. The predicted molar refractivity (Wildman–Crippen MR) is 129 cm³/mol. The summed E-state index contributed by atoms with van der Waals surface area (Å²) >= 11 is 0. The number of nitrogens with zero attached hydrogens (tertiary/aromatic N) is 2. The monoisotopic (exact) mass is 574 g/mol. The number of amides is 6. The summed E-state index contributed by atoms with van der Waals surface area (Å²) in [7, 11) is 2.78. The van der Waals surface area contributed by atoms with E-state index < -0.39 is 53.9 Å². The number of hydrogen-bond acceptors (Lipinski definition) is 13. The summed E-state index contributed by atoms with van der Waals surface area (Å²) in [5.74, 6) is -3.66. The van der Waals surface area contributed by atoms with Crippen LogP contribution in [0.5, 0.6) is 0 Å². The normalized spacial score (nSPS) is 14.7. The van der Waals surface area contributed by atoms with Crippen LogP contribution >= 0.6 is 0 Å². The Labute approximate surface area is 229 Å². The first-order valence-electron chi connectivity index (χ1n) is 12.3. The van der Waals surface area contributed by atoms with E-state index in [0.29, 0.717) is 10.1 Å². The second-order valence-corrected chi connectivity index (χ2v) is 8.49. The molecule has 2 aliphatic rings. The Bertz CT molecular complexity index is 916. The Morgan fingerprint density at radius 3 is 1.57 bits per heavy atom. The first-order chi connectivity index (χ1) is 18.9. The predicted octanol–water partition coefficient (Wildman–Crippen LogP) is -0.279. The van der Waals surface area contributed by atoms with Crippen LogP contribution < -0.4 is 10.6 Å². The molecule has 0 aromatic carbocycles. The van der Waals surface area contributed by atoms with Crippen molar-refractivity contribution in [2.75, 3.05) is 33.9 Å². The molecule has 40 heavy (non-hydrogen) atoms. The molecule has 17 nitrogen and oxygen atoms in total. The summed E-state index contributed by atoms with van der Waals surface area (Å²) in [5, 5.41) is 5.56. The highest BCUT2D eigenvalue weighted by atomic mass is 16.7. The van der Waals surface area contributed by atoms with E-state index in [2.05, 4.69) is 15.5 Å². The van der Waals surface area contributed by atoms with Crippen LogP contribution in [0.15, 0.2) is 0 Å². The summed E-state index contributed by atoms with van der Waals surface area (Å²) < 4.78 is 15.1. The van der Waals surface area contributed by atoms with E-state index in [4.69, 9.17) is 19.0 Å². The fourth-order valence-electron chi connectivity index (χ4n) is 2.75. The van der Waals surface area contributed by atoms with Crippen molar-refractivity contribution in [2.24, 2.45) is 5.92 Å². The lowest BCUT2D eigenvalue weighted by molar-refractivity contribution is -0.199. The average molecular weight is 575 g/mol. The van der Waals surface area contributed by atoms with Crippen molar-refractivity contribution in [1.29, 1.82) is 0 Å². The lowest BCUT2D eigenvalue weighted by Crippen LogP contribution is -2.33. The fraction of sp³-hybridized carbons (Fsp3) is 0.652. The standard InChI is InChI=1S/C15H23N3O9.C8H11NO4/c1-16-14(22)25-8-10(9-26-15(23)17-2)24-7-3-4-13(21)27-18-11(19)5-6-12(18)20;1-5(2)8(12)13-9-6(10)3-4-7(9)11/h10H,3-9H2,1-2H3,(H,16,22)(H,17,23);5H,3-4H2,1-2H3. The Morgan fingerprint density at radius 1 is 0.750 bits per heavy atom. The molecule has 2 fully saturated rings. The van der Waals surface area contributed by atoms with Crippen molar-refractivity contribution >= 4 is 47.8 Å². The maximum Gasteiger partial charge on any atom is 0.406 e. The molecule has 0 unspecified atom stereocenters. The average Bonchev–Trinajstić information content (AvgIpc) is 3.41. The molecule has 6 amide bonds. The van der Waals surface area contributed by atoms with Crippen LogP contribution in [-0.2, 0) is 52.7 Å². The van der Waals surface area contributed by atoms with Crippen molar-refractivity contribution in [3.05, 3.63) is 0 Å². The van der Waals surface area contributed by atoms with E-state index in [1.807, 2.05) is 0 Å². The van der Waals surface area contributed by atoms with Crippen LogP contribution in [0.2, 0.25) is 0 Å². The number of hydroxylamine groups is 4. The molecule has 2 N–H and O–H groups in total. The largest absolute Gasteiger partial charge is 0.447 e. The number of nitrogens with one attached hydrogen (secondary N) is 2. The number of carbonyl (C=O) groups excluding carboxylic acids is 8. The van der Waals surface area contributed by atoms with Gasteiger partial charge in [0.15, 0.2) is 0 Å². The third-order valence-electron chi connectivity index (χ3n) is 4.94. The zero-order valence-corrected chi connectivity index (χ0v) is 22.7. The van der Waals surface area contributed by atoms with Crippen LogP contribution in [0.25, 0.3) is 0 Å². The summed E-state index contributed by atoms with van der Waals surface area (Å²) in [6.45, 7) is 2.99. The summed E-state index contributed by atoms with van der Waals surface area (Å²) in [4.78, 5) is 98.9. The SMILES string of the molecule is CC(C)C(=O)ON1C(=O)CCC1=O.CNC(=O)OCC(COC(=O)NC)OCCCC(=O)ON1C(=O)CCC1=O.